The van der Waals surface area contributed by atoms with Crippen LogP contribution in [-0.4, -0.2) is 30.9 Å². The van der Waals surface area contributed by atoms with E-state index in [1.807, 2.05) is 18.2 Å². The van der Waals surface area contributed by atoms with E-state index < -0.39 is 0 Å². The first-order chi connectivity index (χ1) is 11.7. The van der Waals surface area contributed by atoms with Crippen LogP contribution in [0.4, 0.5) is 4.79 Å². The number of amides is 1. The number of piperidine rings is 1. The van der Waals surface area contributed by atoms with Crippen molar-refractivity contribution in [3.05, 3.63) is 71.8 Å². The molecule has 0 aliphatic carbocycles. The molecule has 1 aliphatic heterocycles. The first kappa shape index (κ1) is 16.5. The number of carbonyl (C=O) groups is 1. The molecule has 2 aromatic rings. The Morgan fingerprint density at radius 1 is 1.04 bits per heavy atom. The topological polar surface area (TPSA) is 38.3 Å². The summed E-state index contributed by atoms with van der Waals surface area (Å²) in [5.74, 6) is 0.563. The third-order valence-corrected chi connectivity index (χ3v) is 4.92. The number of likely N-dealkylation sites (tertiary alicyclic amines) is 1. The van der Waals surface area contributed by atoms with E-state index in [2.05, 4.69) is 47.9 Å². The summed E-state index contributed by atoms with van der Waals surface area (Å²) in [5.41, 5.74) is 5.70. The molecule has 1 fully saturated rings. The fourth-order valence-corrected chi connectivity index (χ4v) is 3.60. The summed E-state index contributed by atoms with van der Waals surface area (Å²) in [6.45, 7) is 2.60. The number of benzene rings is 2. The Hall–Kier alpha value is -2.33. The molecule has 1 saturated heterocycles. The Bertz CT molecular complexity index is 650. The summed E-state index contributed by atoms with van der Waals surface area (Å²) in [6, 6.07) is 21.0. The molecule has 2 aromatic carbocycles. The number of nitrogens with one attached hydrogen (secondary N) is 1. The monoisotopic (exact) mass is 325 g/mol. The summed E-state index contributed by atoms with van der Waals surface area (Å²) >= 11 is 0. The molecule has 24 heavy (non-hydrogen) atoms. The Balaban J connectivity index is 1.74. The number of ether oxygens (including phenoxy) is 1. The SMILES string of the molecule is COC(=O)N[N+]1(Cc2ccccc2)CCC(c2ccccc2)CC1. The number of carbonyl (C=O) groups excluding carboxylic acids is 1. The summed E-state index contributed by atoms with van der Waals surface area (Å²) < 4.78 is 5.42. The van der Waals surface area contributed by atoms with Gasteiger partial charge in [-0.3, -0.25) is 0 Å². The predicted molar refractivity (Wildman–Crippen MR) is 94.1 cm³/mol. The first-order valence-electron chi connectivity index (χ1n) is 8.52. The van der Waals surface area contributed by atoms with E-state index in [-0.39, 0.29) is 6.09 Å². The maximum Gasteiger partial charge on any atom is 0.451 e. The van der Waals surface area contributed by atoms with E-state index in [0.717, 1.165) is 32.5 Å². The molecule has 0 aromatic heterocycles. The molecule has 126 valence electrons. The van der Waals surface area contributed by atoms with Crippen molar-refractivity contribution in [2.24, 2.45) is 0 Å². The van der Waals surface area contributed by atoms with Crippen molar-refractivity contribution in [1.29, 1.82) is 0 Å². The Morgan fingerprint density at radius 2 is 1.62 bits per heavy atom. The van der Waals surface area contributed by atoms with Gasteiger partial charge >= 0.3 is 6.09 Å². The van der Waals surface area contributed by atoms with E-state index >= 15 is 0 Å². The Morgan fingerprint density at radius 3 is 2.21 bits per heavy atom. The highest BCUT2D eigenvalue weighted by Crippen LogP contribution is 2.31. The molecule has 1 heterocycles. The minimum Gasteiger partial charge on any atom is -0.450 e. The molecule has 1 amide bonds. The van der Waals surface area contributed by atoms with Crippen molar-refractivity contribution in [1.82, 2.24) is 5.43 Å². The molecule has 3 rings (SSSR count). The third-order valence-electron chi connectivity index (χ3n) is 4.92. The number of rotatable bonds is 4. The normalized spacial score (nSPS) is 23.5. The van der Waals surface area contributed by atoms with Gasteiger partial charge in [0.1, 0.15) is 19.6 Å². The van der Waals surface area contributed by atoms with Gasteiger partial charge in [0.25, 0.3) is 0 Å². The van der Waals surface area contributed by atoms with Gasteiger partial charge in [0.05, 0.1) is 7.11 Å². The summed E-state index contributed by atoms with van der Waals surface area (Å²) in [7, 11) is 1.42. The van der Waals surface area contributed by atoms with Gasteiger partial charge in [0, 0.05) is 18.4 Å². The van der Waals surface area contributed by atoms with Crippen molar-refractivity contribution in [2.75, 3.05) is 20.2 Å². The summed E-state index contributed by atoms with van der Waals surface area (Å²) in [6.07, 6.45) is 1.76. The third kappa shape index (κ3) is 3.95. The van der Waals surface area contributed by atoms with E-state index in [1.54, 1.807) is 0 Å². The highest BCUT2D eigenvalue weighted by atomic mass is 16.5. The van der Waals surface area contributed by atoms with Crippen LogP contribution in [0.5, 0.6) is 0 Å². The average Bonchev–Trinajstić information content (AvgIpc) is 2.64. The lowest BCUT2D eigenvalue weighted by molar-refractivity contribution is -0.978. The molecular formula is C20H25N2O2+. The average molecular weight is 325 g/mol. The maximum atomic E-state index is 11.9. The quantitative estimate of drug-likeness (QED) is 0.867. The number of methoxy groups -OCH3 is 1. The van der Waals surface area contributed by atoms with Crippen LogP contribution in [0.3, 0.4) is 0 Å². The second-order valence-corrected chi connectivity index (χ2v) is 6.52. The number of hydrogen-bond acceptors (Lipinski definition) is 2. The second kappa shape index (κ2) is 7.49. The fraction of sp³-hybridized carbons (Fsp3) is 0.350. The van der Waals surface area contributed by atoms with Crippen LogP contribution in [0.2, 0.25) is 0 Å². The highest BCUT2D eigenvalue weighted by molar-refractivity contribution is 5.65. The van der Waals surface area contributed by atoms with E-state index in [0.29, 0.717) is 10.5 Å². The predicted octanol–water partition coefficient (Wildman–Crippen LogP) is 3.85. The van der Waals surface area contributed by atoms with E-state index in [9.17, 15) is 4.79 Å². The molecule has 1 N–H and O–H groups in total. The summed E-state index contributed by atoms with van der Waals surface area (Å²) in [4.78, 5) is 11.9. The lowest BCUT2D eigenvalue weighted by atomic mass is 9.89. The second-order valence-electron chi connectivity index (χ2n) is 6.52. The van der Waals surface area contributed by atoms with Gasteiger partial charge in [0.15, 0.2) is 0 Å². The molecule has 1 aliphatic rings. The fourth-order valence-electron chi connectivity index (χ4n) is 3.60. The molecule has 0 saturated carbocycles. The van der Waals surface area contributed by atoms with Gasteiger partial charge in [-0.05, 0) is 11.5 Å². The Kier molecular flexibility index (Phi) is 5.16. The zero-order chi connectivity index (χ0) is 16.8. The molecule has 4 nitrogen and oxygen atoms in total. The molecular weight excluding hydrogens is 300 g/mol. The van der Waals surface area contributed by atoms with Crippen molar-refractivity contribution in [2.45, 2.75) is 25.3 Å². The minimum atomic E-state index is -0.357. The van der Waals surface area contributed by atoms with Crippen LogP contribution in [0.25, 0.3) is 0 Å². The smallest absolute Gasteiger partial charge is 0.450 e. The lowest BCUT2D eigenvalue weighted by Crippen LogP contribution is -2.62. The van der Waals surface area contributed by atoms with Crippen molar-refractivity contribution in [3.8, 4) is 0 Å². The van der Waals surface area contributed by atoms with E-state index in [1.165, 1.54) is 18.2 Å². The van der Waals surface area contributed by atoms with Gasteiger partial charge in [-0.25, -0.2) is 9.39 Å². The van der Waals surface area contributed by atoms with Gasteiger partial charge in [0.2, 0.25) is 0 Å². The van der Waals surface area contributed by atoms with Gasteiger partial charge in [-0.1, -0.05) is 60.7 Å². The number of hydrogen-bond donors (Lipinski definition) is 1. The van der Waals surface area contributed by atoms with Gasteiger partial charge in [-0.2, -0.15) is 5.43 Å². The minimum absolute atomic E-state index is 0.357. The first-order valence-corrected chi connectivity index (χ1v) is 8.52. The molecule has 0 atom stereocenters. The molecule has 0 spiro atoms. The molecule has 4 heteroatoms. The molecule has 0 unspecified atom stereocenters. The zero-order valence-corrected chi connectivity index (χ0v) is 14.2. The summed E-state index contributed by atoms with van der Waals surface area (Å²) in [5, 5.41) is 0. The molecule has 0 radical (unpaired) electrons. The van der Waals surface area contributed by atoms with E-state index in [4.69, 9.17) is 4.74 Å². The molecule has 0 bridgehead atoms. The van der Waals surface area contributed by atoms with Crippen LogP contribution in [0.15, 0.2) is 60.7 Å². The number of quaternary nitrogens is 1. The highest BCUT2D eigenvalue weighted by Gasteiger charge is 2.37. The number of nitrogens with zero attached hydrogens (tertiary/aromatic N) is 1. The van der Waals surface area contributed by atoms with Gasteiger partial charge < -0.3 is 4.74 Å². The van der Waals surface area contributed by atoms with Gasteiger partial charge in [-0.15, -0.1) is 0 Å². The van der Waals surface area contributed by atoms with Crippen LogP contribution in [-0.2, 0) is 11.3 Å². The maximum absolute atomic E-state index is 11.9. The van der Waals surface area contributed by atoms with Crippen LogP contribution >= 0.6 is 0 Å². The zero-order valence-electron chi connectivity index (χ0n) is 14.2. The lowest BCUT2D eigenvalue weighted by Gasteiger charge is -2.42. The van der Waals surface area contributed by atoms with Crippen molar-refractivity contribution < 1.29 is 14.1 Å². The van der Waals surface area contributed by atoms with Crippen LogP contribution in [0, 0.1) is 0 Å². The standard InChI is InChI=1S/C20H24N2O2/c1-24-20(23)21-22(16-17-8-4-2-5-9-17)14-12-19(13-15-22)18-10-6-3-7-11-18/h2-11,19H,12-16H2,1H3/p+1. The largest absolute Gasteiger partial charge is 0.451 e. The van der Waals surface area contributed by atoms with Crippen molar-refractivity contribution in [3.63, 3.8) is 0 Å². The van der Waals surface area contributed by atoms with Crippen LogP contribution < -0.4 is 5.43 Å². The van der Waals surface area contributed by atoms with Crippen LogP contribution in [0.1, 0.15) is 29.9 Å². The Labute approximate surface area is 143 Å². The van der Waals surface area contributed by atoms with Crippen molar-refractivity contribution >= 4 is 6.09 Å².